The molecule has 0 aliphatic carbocycles. The zero-order valence-electron chi connectivity index (χ0n) is 9.64. The van der Waals surface area contributed by atoms with Crippen LogP contribution in [0.1, 0.15) is 11.1 Å². The van der Waals surface area contributed by atoms with Gasteiger partial charge in [0.05, 0.1) is 13.2 Å². The Balaban J connectivity index is 2.25. The van der Waals surface area contributed by atoms with Gasteiger partial charge in [-0.2, -0.15) is 0 Å². The van der Waals surface area contributed by atoms with E-state index in [1.807, 2.05) is 0 Å². The van der Waals surface area contributed by atoms with Crippen LogP contribution < -0.4 is 4.74 Å². The first-order valence-electron chi connectivity index (χ1n) is 5.50. The second-order valence-corrected chi connectivity index (χ2v) is 4.19. The Labute approximate surface area is 110 Å². The molecule has 0 aliphatic heterocycles. The zero-order chi connectivity index (χ0) is 13.0. The highest BCUT2D eigenvalue weighted by molar-refractivity contribution is 6.31. The van der Waals surface area contributed by atoms with Crippen LogP contribution in [0.15, 0.2) is 42.5 Å². The van der Waals surface area contributed by atoms with E-state index in [-0.39, 0.29) is 13.2 Å². The van der Waals surface area contributed by atoms with Crippen LogP contribution in [0.4, 0.5) is 0 Å². The quantitative estimate of drug-likeness (QED) is 0.892. The molecule has 0 amide bonds. The molecule has 0 bridgehead atoms. The van der Waals surface area contributed by atoms with E-state index in [1.54, 1.807) is 42.5 Å². The van der Waals surface area contributed by atoms with Crippen LogP contribution in [0.5, 0.6) is 11.5 Å². The van der Waals surface area contributed by atoms with Gasteiger partial charge in [0.1, 0.15) is 11.5 Å². The fourth-order valence-corrected chi connectivity index (χ4v) is 1.80. The molecular formula is C14H13ClO3. The summed E-state index contributed by atoms with van der Waals surface area (Å²) in [6, 6.07) is 12.3. The predicted molar refractivity (Wildman–Crippen MR) is 69.8 cm³/mol. The van der Waals surface area contributed by atoms with Gasteiger partial charge >= 0.3 is 0 Å². The van der Waals surface area contributed by atoms with Gasteiger partial charge in [0.25, 0.3) is 0 Å². The maximum Gasteiger partial charge on any atom is 0.134 e. The molecule has 2 rings (SSSR count). The molecule has 2 N–H and O–H groups in total. The third-order valence-corrected chi connectivity index (χ3v) is 2.92. The van der Waals surface area contributed by atoms with Crippen molar-refractivity contribution in [1.82, 2.24) is 0 Å². The van der Waals surface area contributed by atoms with Gasteiger partial charge in [0.15, 0.2) is 0 Å². The number of hydrogen-bond donors (Lipinski definition) is 2. The number of ether oxygens (including phenoxy) is 1. The Hall–Kier alpha value is -1.55. The molecule has 0 radical (unpaired) electrons. The summed E-state index contributed by atoms with van der Waals surface area (Å²) < 4.78 is 5.65. The lowest BCUT2D eigenvalue weighted by Gasteiger charge is -2.11. The van der Waals surface area contributed by atoms with Crippen LogP contribution >= 0.6 is 11.6 Å². The predicted octanol–water partition coefficient (Wildman–Crippen LogP) is 3.12. The van der Waals surface area contributed by atoms with E-state index in [1.165, 1.54) is 0 Å². The van der Waals surface area contributed by atoms with E-state index in [4.69, 9.17) is 21.4 Å². The highest BCUT2D eigenvalue weighted by Gasteiger charge is 2.08. The van der Waals surface area contributed by atoms with E-state index in [0.29, 0.717) is 22.1 Å². The van der Waals surface area contributed by atoms with Gasteiger partial charge in [0.2, 0.25) is 0 Å². The van der Waals surface area contributed by atoms with E-state index < -0.39 is 0 Å². The number of halogens is 1. The highest BCUT2D eigenvalue weighted by atomic mass is 35.5. The van der Waals surface area contributed by atoms with Crippen LogP contribution in [-0.2, 0) is 13.2 Å². The minimum Gasteiger partial charge on any atom is -0.457 e. The van der Waals surface area contributed by atoms with Gasteiger partial charge < -0.3 is 14.9 Å². The largest absolute Gasteiger partial charge is 0.457 e. The minimum atomic E-state index is -0.177. The summed E-state index contributed by atoms with van der Waals surface area (Å²) in [5, 5.41) is 18.7. The van der Waals surface area contributed by atoms with E-state index in [0.717, 1.165) is 5.56 Å². The zero-order valence-corrected chi connectivity index (χ0v) is 10.4. The Bertz CT molecular complexity index is 523. The fraction of sp³-hybridized carbons (Fsp3) is 0.143. The molecule has 0 spiro atoms. The third-order valence-electron chi connectivity index (χ3n) is 2.57. The van der Waals surface area contributed by atoms with Crippen molar-refractivity contribution in [1.29, 1.82) is 0 Å². The van der Waals surface area contributed by atoms with Gasteiger partial charge in [-0.25, -0.2) is 0 Å². The molecule has 0 saturated carbocycles. The molecular weight excluding hydrogens is 252 g/mol. The normalized spacial score (nSPS) is 10.4. The standard InChI is InChI=1S/C14H13ClO3/c15-13-2-1-3-14(12(13)9-17)18-11-6-4-10(8-16)5-7-11/h1-7,16-17H,8-9H2. The molecule has 94 valence electrons. The summed E-state index contributed by atoms with van der Waals surface area (Å²) >= 11 is 5.97. The van der Waals surface area contributed by atoms with Crippen LogP contribution in [0.25, 0.3) is 0 Å². The van der Waals surface area contributed by atoms with Crippen LogP contribution in [0, 0.1) is 0 Å². The lowest BCUT2D eigenvalue weighted by Crippen LogP contribution is -1.93. The molecule has 4 heteroatoms. The van der Waals surface area contributed by atoms with Gasteiger partial charge in [-0.1, -0.05) is 29.8 Å². The Morgan fingerprint density at radius 2 is 1.67 bits per heavy atom. The maximum absolute atomic E-state index is 9.26. The Morgan fingerprint density at radius 3 is 2.28 bits per heavy atom. The van der Waals surface area contributed by atoms with Crippen molar-refractivity contribution in [2.24, 2.45) is 0 Å². The van der Waals surface area contributed by atoms with Crippen molar-refractivity contribution in [3.63, 3.8) is 0 Å². The smallest absolute Gasteiger partial charge is 0.134 e. The first kappa shape index (κ1) is 12.9. The summed E-state index contributed by atoms with van der Waals surface area (Å²) in [5.74, 6) is 1.16. The number of hydrogen-bond acceptors (Lipinski definition) is 3. The third kappa shape index (κ3) is 2.82. The van der Waals surface area contributed by atoms with Crippen molar-refractivity contribution >= 4 is 11.6 Å². The number of aliphatic hydroxyl groups is 2. The summed E-state index contributed by atoms with van der Waals surface area (Å²) in [6.07, 6.45) is 0. The molecule has 2 aromatic carbocycles. The second-order valence-electron chi connectivity index (χ2n) is 3.78. The van der Waals surface area contributed by atoms with E-state index in [9.17, 15) is 5.11 Å². The molecule has 3 nitrogen and oxygen atoms in total. The van der Waals surface area contributed by atoms with Crippen LogP contribution in [0.3, 0.4) is 0 Å². The highest BCUT2D eigenvalue weighted by Crippen LogP contribution is 2.30. The van der Waals surface area contributed by atoms with Crippen LogP contribution in [-0.4, -0.2) is 10.2 Å². The van der Waals surface area contributed by atoms with Crippen molar-refractivity contribution in [2.75, 3.05) is 0 Å². The molecule has 0 saturated heterocycles. The van der Waals surface area contributed by atoms with Crippen LogP contribution in [0.2, 0.25) is 5.02 Å². The van der Waals surface area contributed by atoms with Crippen molar-refractivity contribution in [2.45, 2.75) is 13.2 Å². The summed E-state index contributed by atoms with van der Waals surface area (Å²) in [6.45, 7) is -0.178. The summed E-state index contributed by atoms with van der Waals surface area (Å²) in [5.41, 5.74) is 1.38. The lowest BCUT2D eigenvalue weighted by molar-refractivity contribution is 0.276. The second kappa shape index (κ2) is 5.87. The molecule has 0 aliphatic rings. The van der Waals surface area contributed by atoms with Crippen molar-refractivity contribution in [3.8, 4) is 11.5 Å². The van der Waals surface area contributed by atoms with E-state index in [2.05, 4.69) is 0 Å². The van der Waals surface area contributed by atoms with Gasteiger partial charge in [-0.15, -0.1) is 0 Å². The first-order valence-corrected chi connectivity index (χ1v) is 5.88. The number of rotatable bonds is 4. The topological polar surface area (TPSA) is 49.7 Å². The molecule has 0 unspecified atom stereocenters. The number of aliphatic hydroxyl groups excluding tert-OH is 2. The maximum atomic E-state index is 9.26. The molecule has 2 aromatic rings. The number of benzene rings is 2. The first-order chi connectivity index (χ1) is 8.74. The molecule has 0 aromatic heterocycles. The summed E-state index contributed by atoms with van der Waals surface area (Å²) in [7, 11) is 0. The lowest BCUT2D eigenvalue weighted by atomic mass is 10.2. The van der Waals surface area contributed by atoms with Crippen molar-refractivity contribution < 1.29 is 14.9 Å². The molecule has 0 atom stereocenters. The van der Waals surface area contributed by atoms with Crippen molar-refractivity contribution in [3.05, 3.63) is 58.6 Å². The Morgan fingerprint density at radius 1 is 0.944 bits per heavy atom. The molecule has 0 heterocycles. The molecule has 18 heavy (non-hydrogen) atoms. The van der Waals surface area contributed by atoms with Gasteiger partial charge in [0, 0.05) is 10.6 Å². The monoisotopic (exact) mass is 264 g/mol. The minimum absolute atomic E-state index is 0.000660. The fourth-order valence-electron chi connectivity index (χ4n) is 1.58. The average molecular weight is 265 g/mol. The SMILES string of the molecule is OCc1ccc(Oc2cccc(Cl)c2CO)cc1. The Kier molecular flexibility index (Phi) is 4.20. The van der Waals surface area contributed by atoms with Gasteiger partial charge in [-0.3, -0.25) is 0 Å². The van der Waals surface area contributed by atoms with E-state index >= 15 is 0 Å². The summed E-state index contributed by atoms with van der Waals surface area (Å²) in [4.78, 5) is 0. The average Bonchev–Trinajstić information content (AvgIpc) is 2.40. The van der Waals surface area contributed by atoms with Gasteiger partial charge in [-0.05, 0) is 29.8 Å². The molecule has 0 fully saturated rings.